The van der Waals surface area contributed by atoms with Crippen molar-refractivity contribution in [1.29, 1.82) is 0 Å². The van der Waals surface area contributed by atoms with E-state index in [1.54, 1.807) is 0 Å². The Labute approximate surface area is 178 Å². The molecule has 0 aromatic carbocycles. The van der Waals surface area contributed by atoms with E-state index in [2.05, 4.69) is 13.8 Å². The zero-order valence-corrected chi connectivity index (χ0v) is 16.7. The summed E-state index contributed by atoms with van der Waals surface area (Å²) in [5.41, 5.74) is 0. The van der Waals surface area contributed by atoms with E-state index in [-0.39, 0.29) is 29.6 Å². The second-order valence-corrected chi connectivity index (χ2v) is 7.20. The molecule has 0 atom stereocenters. The van der Waals surface area contributed by atoms with E-state index in [1.165, 1.54) is 89.9 Å². The fraction of sp³-hybridized carbons (Fsp3) is 1.00. The summed E-state index contributed by atoms with van der Waals surface area (Å²) in [6.45, 7) is 6.53. The van der Waals surface area contributed by atoms with Gasteiger partial charge in [0, 0.05) is 13.2 Å². The first-order valence-corrected chi connectivity index (χ1v) is 11.1. The molecule has 0 saturated heterocycles. The third kappa shape index (κ3) is 45.7. The Balaban J connectivity index is -0.000000704. The van der Waals surface area contributed by atoms with Gasteiger partial charge in [0.05, 0.1) is 0 Å². The molecule has 0 spiro atoms. The molecule has 5 nitrogen and oxygen atoms in total. The molecule has 150 valence electrons. The molecule has 2 N–H and O–H groups in total. The van der Waals surface area contributed by atoms with E-state index in [0.717, 1.165) is 13.2 Å². The van der Waals surface area contributed by atoms with Crippen molar-refractivity contribution >= 4 is 40.0 Å². The van der Waals surface area contributed by atoms with E-state index >= 15 is 0 Å². The molecule has 0 rings (SSSR count). The summed E-state index contributed by atoms with van der Waals surface area (Å²) in [5, 5.41) is 0. The van der Waals surface area contributed by atoms with Gasteiger partial charge in [-0.05, 0) is 12.8 Å². The average Bonchev–Trinajstić information content (AvgIpc) is 2.49. The molecular formula is C18H41NaO5S. The van der Waals surface area contributed by atoms with Gasteiger partial charge in [-0.2, -0.15) is 8.42 Å². The van der Waals surface area contributed by atoms with Crippen molar-refractivity contribution in [1.82, 2.24) is 0 Å². The standard InChI is InChI=1S/C18H38O.Na.H2O4S.H/c1-3-5-7-9-11-12-14-16-18-19-17-15-13-10-8-6-4-2;;1-5(2,3)4;/h3-18H2,1-2H3;;(H2,1,2,3,4);. The van der Waals surface area contributed by atoms with Crippen molar-refractivity contribution in [2.75, 3.05) is 13.2 Å². The molecule has 0 fully saturated rings. The fourth-order valence-electron chi connectivity index (χ4n) is 2.42. The minimum atomic E-state index is -4.67. The third-order valence-corrected chi connectivity index (χ3v) is 3.78. The molecule has 0 amide bonds. The Morgan fingerprint density at radius 3 is 1.12 bits per heavy atom. The van der Waals surface area contributed by atoms with Crippen LogP contribution in [-0.4, -0.2) is 60.3 Å². The van der Waals surface area contributed by atoms with E-state index in [9.17, 15) is 0 Å². The summed E-state index contributed by atoms with van der Waals surface area (Å²) in [5.74, 6) is 0. The van der Waals surface area contributed by atoms with Crippen LogP contribution in [0.4, 0.5) is 0 Å². The van der Waals surface area contributed by atoms with Gasteiger partial charge in [-0.3, -0.25) is 9.11 Å². The molecule has 7 heteroatoms. The summed E-state index contributed by atoms with van der Waals surface area (Å²) >= 11 is 0. The molecule has 0 bridgehead atoms. The molecule has 0 aliphatic rings. The van der Waals surface area contributed by atoms with Gasteiger partial charge in [0.25, 0.3) is 0 Å². The van der Waals surface area contributed by atoms with Crippen LogP contribution in [0.15, 0.2) is 0 Å². The van der Waals surface area contributed by atoms with Crippen LogP contribution in [0.1, 0.15) is 104 Å². The summed E-state index contributed by atoms with van der Waals surface area (Å²) < 4.78 is 37.3. The van der Waals surface area contributed by atoms with Gasteiger partial charge in [-0.25, -0.2) is 0 Å². The van der Waals surface area contributed by atoms with Crippen molar-refractivity contribution in [2.24, 2.45) is 0 Å². The molecule has 0 aromatic heterocycles. The van der Waals surface area contributed by atoms with Gasteiger partial charge in [-0.15, -0.1) is 0 Å². The first-order valence-electron chi connectivity index (χ1n) is 9.69. The predicted molar refractivity (Wildman–Crippen MR) is 108 cm³/mol. The maximum atomic E-state index is 8.74. The summed E-state index contributed by atoms with van der Waals surface area (Å²) in [6.07, 6.45) is 19.3. The summed E-state index contributed by atoms with van der Waals surface area (Å²) in [7, 11) is -4.67. The molecule has 0 aliphatic heterocycles. The number of hydrogen-bond acceptors (Lipinski definition) is 3. The second-order valence-electron chi connectivity index (χ2n) is 6.30. The van der Waals surface area contributed by atoms with Gasteiger partial charge in [0.2, 0.25) is 0 Å². The Morgan fingerprint density at radius 2 is 0.840 bits per heavy atom. The van der Waals surface area contributed by atoms with Crippen LogP contribution >= 0.6 is 0 Å². The predicted octanol–water partition coefficient (Wildman–Crippen LogP) is 5.20. The van der Waals surface area contributed by atoms with Gasteiger partial charge in [0.1, 0.15) is 0 Å². The van der Waals surface area contributed by atoms with Crippen molar-refractivity contribution in [3.63, 3.8) is 0 Å². The zero-order chi connectivity index (χ0) is 18.5. The molecule has 0 radical (unpaired) electrons. The molecule has 25 heavy (non-hydrogen) atoms. The second kappa shape index (κ2) is 24.8. The SMILES string of the molecule is CCCCCCCCCCOCCCCCCCC.O=S(=O)(O)O.[NaH]. The summed E-state index contributed by atoms with van der Waals surface area (Å²) in [4.78, 5) is 0. The molecule has 0 unspecified atom stereocenters. The van der Waals surface area contributed by atoms with E-state index in [4.69, 9.17) is 22.3 Å². The first kappa shape index (κ1) is 30.6. The topological polar surface area (TPSA) is 83.8 Å². The zero-order valence-electron chi connectivity index (χ0n) is 15.8. The average molecular weight is 393 g/mol. The van der Waals surface area contributed by atoms with Crippen LogP contribution in [0.5, 0.6) is 0 Å². The van der Waals surface area contributed by atoms with Gasteiger partial charge in [0.15, 0.2) is 0 Å². The van der Waals surface area contributed by atoms with Crippen molar-refractivity contribution in [3.05, 3.63) is 0 Å². The van der Waals surface area contributed by atoms with E-state index < -0.39 is 10.4 Å². The number of ether oxygens (including phenoxy) is 1. The normalized spacial score (nSPS) is 10.7. The Hall–Kier alpha value is 0.830. The molecule has 0 saturated carbocycles. The summed E-state index contributed by atoms with van der Waals surface area (Å²) in [6, 6.07) is 0. The maximum absolute atomic E-state index is 8.74. The van der Waals surface area contributed by atoms with Crippen molar-refractivity contribution in [3.8, 4) is 0 Å². The quantitative estimate of drug-likeness (QED) is 0.214. The Bertz CT molecular complexity index is 299. The first-order chi connectivity index (χ1) is 11.4. The molecular weight excluding hydrogens is 351 g/mol. The number of hydrogen-bond donors (Lipinski definition) is 2. The monoisotopic (exact) mass is 392 g/mol. The van der Waals surface area contributed by atoms with Gasteiger partial charge < -0.3 is 4.74 Å². The van der Waals surface area contributed by atoms with Crippen LogP contribution in [0, 0.1) is 0 Å². The van der Waals surface area contributed by atoms with Crippen molar-refractivity contribution in [2.45, 2.75) is 104 Å². The molecule has 0 aliphatic carbocycles. The van der Waals surface area contributed by atoms with Gasteiger partial charge >= 0.3 is 40.0 Å². The van der Waals surface area contributed by atoms with Crippen molar-refractivity contribution < 1.29 is 22.3 Å². The van der Waals surface area contributed by atoms with Crippen LogP contribution in [0.25, 0.3) is 0 Å². The van der Waals surface area contributed by atoms with Gasteiger partial charge in [-0.1, -0.05) is 90.9 Å². The van der Waals surface area contributed by atoms with Crippen LogP contribution in [0.3, 0.4) is 0 Å². The minimum absolute atomic E-state index is 0. The van der Waals surface area contributed by atoms with Crippen LogP contribution in [-0.2, 0) is 15.1 Å². The fourth-order valence-corrected chi connectivity index (χ4v) is 2.42. The molecule has 0 aromatic rings. The van der Waals surface area contributed by atoms with Crippen LogP contribution in [0.2, 0.25) is 0 Å². The number of unbranched alkanes of at least 4 members (excludes halogenated alkanes) is 12. The van der Waals surface area contributed by atoms with E-state index in [0.29, 0.717) is 0 Å². The van der Waals surface area contributed by atoms with E-state index in [1.807, 2.05) is 0 Å². The van der Waals surface area contributed by atoms with Crippen LogP contribution < -0.4 is 0 Å². The number of rotatable bonds is 16. The third-order valence-electron chi connectivity index (χ3n) is 3.78. The Morgan fingerprint density at radius 1 is 0.600 bits per heavy atom. The Kier molecular flexibility index (Phi) is 30.3. The molecule has 0 heterocycles.